The molecule has 8 heteroatoms. The van der Waals surface area contributed by atoms with Gasteiger partial charge in [-0.3, -0.25) is 9.59 Å². The second-order valence-corrected chi connectivity index (χ2v) is 5.63. The summed E-state index contributed by atoms with van der Waals surface area (Å²) in [5.74, 6) is -0.605. The highest BCUT2D eigenvalue weighted by Gasteiger charge is 2.36. The fourth-order valence-corrected chi connectivity index (χ4v) is 2.55. The molecule has 0 saturated heterocycles. The van der Waals surface area contributed by atoms with Crippen molar-refractivity contribution in [2.75, 3.05) is 5.43 Å². The average molecular weight is 361 g/mol. The number of nitrogens with one attached hydrogen (secondary N) is 1. The predicted molar refractivity (Wildman–Crippen MR) is 90.1 cm³/mol. The van der Waals surface area contributed by atoms with Crippen molar-refractivity contribution in [1.82, 2.24) is 9.89 Å². The van der Waals surface area contributed by atoms with Crippen LogP contribution in [0, 0.1) is 0 Å². The van der Waals surface area contributed by atoms with Crippen LogP contribution in [0.2, 0.25) is 0 Å². The lowest BCUT2D eigenvalue weighted by Gasteiger charge is -2.13. The van der Waals surface area contributed by atoms with Crippen LogP contribution in [0.1, 0.15) is 17.7 Å². The Morgan fingerprint density at radius 3 is 2.27 bits per heavy atom. The van der Waals surface area contributed by atoms with Gasteiger partial charge < -0.3 is 0 Å². The van der Waals surface area contributed by atoms with Crippen LogP contribution in [0.25, 0.3) is 10.8 Å². The molecule has 0 radical (unpaired) electrons. The first-order valence-electron chi connectivity index (χ1n) is 7.79. The average Bonchev–Trinajstić information content (AvgIpc) is 2.62. The molecule has 2 aromatic carbocycles. The number of nitrogens with zero attached hydrogens (tertiary/aromatic N) is 2. The second-order valence-electron chi connectivity index (χ2n) is 5.63. The molecule has 3 aromatic rings. The number of aryl methyl sites for hydroxylation is 1. The van der Waals surface area contributed by atoms with E-state index >= 15 is 0 Å². The summed E-state index contributed by atoms with van der Waals surface area (Å²) in [4.78, 5) is 24.7. The first-order valence-corrected chi connectivity index (χ1v) is 7.79. The monoisotopic (exact) mass is 361 g/mol. The molecule has 0 aliphatic rings. The van der Waals surface area contributed by atoms with Gasteiger partial charge in [0.05, 0.1) is 5.39 Å². The van der Waals surface area contributed by atoms with E-state index in [9.17, 15) is 22.8 Å². The van der Waals surface area contributed by atoms with Crippen LogP contribution in [-0.4, -0.2) is 15.8 Å². The van der Waals surface area contributed by atoms with Crippen molar-refractivity contribution in [2.24, 2.45) is 0 Å². The van der Waals surface area contributed by atoms with Crippen molar-refractivity contribution in [3.05, 3.63) is 76.2 Å². The number of aromatic nitrogens is 2. The van der Waals surface area contributed by atoms with Gasteiger partial charge >= 0.3 is 6.18 Å². The number of amides is 1. The zero-order valence-electron chi connectivity index (χ0n) is 13.5. The van der Waals surface area contributed by atoms with Crippen LogP contribution in [0.4, 0.5) is 13.2 Å². The van der Waals surface area contributed by atoms with Crippen LogP contribution in [0.5, 0.6) is 0 Å². The molecule has 0 bridgehead atoms. The molecule has 0 aliphatic carbocycles. The number of halogens is 3. The summed E-state index contributed by atoms with van der Waals surface area (Å²) in [6.45, 7) is 0. The summed E-state index contributed by atoms with van der Waals surface area (Å²) in [7, 11) is 0. The molecule has 0 aliphatic heterocycles. The lowest BCUT2D eigenvalue weighted by Crippen LogP contribution is -2.37. The highest BCUT2D eigenvalue weighted by atomic mass is 19.4. The Bertz CT molecular complexity index is 998. The van der Waals surface area contributed by atoms with Gasteiger partial charge in [-0.05, 0) is 18.1 Å². The van der Waals surface area contributed by atoms with E-state index in [2.05, 4.69) is 10.5 Å². The van der Waals surface area contributed by atoms with Gasteiger partial charge in [-0.25, -0.2) is 5.43 Å². The number of alkyl halides is 3. The van der Waals surface area contributed by atoms with E-state index < -0.39 is 23.3 Å². The van der Waals surface area contributed by atoms with Gasteiger partial charge in [0.2, 0.25) is 5.91 Å². The molecule has 26 heavy (non-hydrogen) atoms. The minimum atomic E-state index is -4.76. The van der Waals surface area contributed by atoms with E-state index in [1.807, 2.05) is 30.3 Å². The molecule has 134 valence electrons. The summed E-state index contributed by atoms with van der Waals surface area (Å²) in [6, 6.07) is 14.4. The number of carbonyl (C=O) groups is 1. The Balaban J connectivity index is 1.89. The SMILES string of the molecule is O=C(CCc1ccccc1)Nn1nc(C(F)(F)F)c2ccccc2c1=O. The Morgan fingerprint density at radius 1 is 1.00 bits per heavy atom. The standard InChI is InChI=1S/C18H14F3N3O2/c19-18(20,21)16-13-8-4-5-9-14(13)17(26)24(23-16)22-15(25)11-10-12-6-2-1-3-7-12/h1-9H,10-11H2,(H,22,25). The van der Waals surface area contributed by atoms with E-state index in [-0.39, 0.29) is 17.2 Å². The third-order valence-corrected chi connectivity index (χ3v) is 3.79. The van der Waals surface area contributed by atoms with E-state index in [0.717, 1.165) is 5.56 Å². The van der Waals surface area contributed by atoms with Crippen LogP contribution in [0.15, 0.2) is 59.4 Å². The third kappa shape index (κ3) is 3.74. The molecule has 1 aromatic heterocycles. The lowest BCUT2D eigenvalue weighted by atomic mass is 10.1. The highest BCUT2D eigenvalue weighted by molar-refractivity contribution is 5.86. The summed E-state index contributed by atoms with van der Waals surface area (Å²) >= 11 is 0. The Hall–Kier alpha value is -3.16. The van der Waals surface area contributed by atoms with Crippen molar-refractivity contribution in [2.45, 2.75) is 19.0 Å². The zero-order valence-corrected chi connectivity index (χ0v) is 13.5. The highest BCUT2D eigenvalue weighted by Crippen LogP contribution is 2.31. The van der Waals surface area contributed by atoms with Gasteiger partial charge in [-0.1, -0.05) is 48.5 Å². The van der Waals surface area contributed by atoms with Crippen molar-refractivity contribution in [3.8, 4) is 0 Å². The fourth-order valence-electron chi connectivity index (χ4n) is 2.55. The van der Waals surface area contributed by atoms with Gasteiger partial charge in [-0.15, -0.1) is 9.89 Å². The minimum absolute atomic E-state index is 0.00626. The molecule has 3 rings (SSSR count). The van der Waals surface area contributed by atoms with Gasteiger partial charge in [0, 0.05) is 11.8 Å². The molecule has 1 amide bonds. The largest absolute Gasteiger partial charge is 0.435 e. The maximum atomic E-state index is 13.2. The van der Waals surface area contributed by atoms with E-state index in [4.69, 9.17) is 0 Å². The van der Waals surface area contributed by atoms with Crippen molar-refractivity contribution < 1.29 is 18.0 Å². The number of hydrogen-bond acceptors (Lipinski definition) is 3. The smallest absolute Gasteiger partial charge is 0.273 e. The van der Waals surface area contributed by atoms with Crippen LogP contribution in [-0.2, 0) is 17.4 Å². The number of benzene rings is 2. The molecule has 0 saturated carbocycles. The minimum Gasteiger partial charge on any atom is -0.273 e. The van der Waals surface area contributed by atoms with Gasteiger partial charge in [0.1, 0.15) is 0 Å². The van der Waals surface area contributed by atoms with Crippen molar-refractivity contribution in [3.63, 3.8) is 0 Å². The molecule has 0 spiro atoms. The molecule has 1 heterocycles. The molecule has 0 atom stereocenters. The summed E-state index contributed by atoms with van der Waals surface area (Å²) in [5, 5.41) is 2.84. The molecular formula is C18H14F3N3O2. The molecule has 0 unspecified atom stereocenters. The Morgan fingerprint density at radius 2 is 1.62 bits per heavy atom. The van der Waals surface area contributed by atoms with E-state index in [1.54, 1.807) is 0 Å². The van der Waals surface area contributed by atoms with Crippen molar-refractivity contribution in [1.29, 1.82) is 0 Å². The maximum Gasteiger partial charge on any atom is 0.435 e. The number of carbonyl (C=O) groups excluding carboxylic acids is 1. The van der Waals surface area contributed by atoms with E-state index in [1.165, 1.54) is 24.3 Å². The zero-order chi connectivity index (χ0) is 18.7. The predicted octanol–water partition coefficient (Wildman–Crippen LogP) is 3.12. The first-order chi connectivity index (χ1) is 12.4. The normalized spacial score (nSPS) is 11.5. The summed E-state index contributed by atoms with van der Waals surface area (Å²) < 4.78 is 39.7. The van der Waals surface area contributed by atoms with Gasteiger partial charge in [0.15, 0.2) is 5.69 Å². The quantitative estimate of drug-likeness (QED) is 0.777. The lowest BCUT2D eigenvalue weighted by molar-refractivity contribution is -0.141. The van der Waals surface area contributed by atoms with Crippen LogP contribution < -0.4 is 11.0 Å². The summed E-state index contributed by atoms with van der Waals surface area (Å²) in [6.07, 6.45) is -4.36. The number of hydrogen-bond donors (Lipinski definition) is 1. The Kier molecular flexibility index (Phi) is 4.75. The molecule has 0 fully saturated rings. The Labute approximate surface area is 146 Å². The molecule has 5 nitrogen and oxygen atoms in total. The van der Waals surface area contributed by atoms with Gasteiger partial charge in [0.25, 0.3) is 5.56 Å². The third-order valence-electron chi connectivity index (χ3n) is 3.79. The maximum absolute atomic E-state index is 13.2. The van der Waals surface area contributed by atoms with E-state index in [0.29, 0.717) is 11.2 Å². The summed E-state index contributed by atoms with van der Waals surface area (Å²) in [5.41, 5.74) is 0.996. The molecular weight excluding hydrogens is 347 g/mol. The number of rotatable bonds is 4. The van der Waals surface area contributed by atoms with Gasteiger partial charge in [-0.2, -0.15) is 13.2 Å². The second kappa shape index (κ2) is 6.99. The van der Waals surface area contributed by atoms with Crippen LogP contribution in [0.3, 0.4) is 0 Å². The number of fused-ring (bicyclic) bond motifs is 1. The first kappa shape index (κ1) is 17.7. The van der Waals surface area contributed by atoms with Crippen LogP contribution >= 0.6 is 0 Å². The fraction of sp³-hybridized carbons (Fsp3) is 0.167. The topological polar surface area (TPSA) is 64.0 Å². The molecule has 1 N–H and O–H groups in total. The van der Waals surface area contributed by atoms with Crippen molar-refractivity contribution >= 4 is 16.7 Å².